The lowest BCUT2D eigenvalue weighted by atomic mass is 10.1. The summed E-state index contributed by atoms with van der Waals surface area (Å²) in [5.74, 6) is 0.764. The molecule has 1 unspecified atom stereocenters. The van der Waals surface area contributed by atoms with E-state index in [0.29, 0.717) is 16.9 Å². The second-order valence-corrected chi connectivity index (χ2v) is 4.79. The number of benzene rings is 1. The summed E-state index contributed by atoms with van der Waals surface area (Å²) in [6, 6.07) is 5.12. The molecule has 4 nitrogen and oxygen atoms in total. The maximum atomic E-state index is 12.0. The lowest BCUT2D eigenvalue weighted by Crippen LogP contribution is -2.36. The Morgan fingerprint density at radius 1 is 1.47 bits per heavy atom. The molecule has 1 rings (SSSR count). The van der Waals surface area contributed by atoms with E-state index >= 15 is 0 Å². The molecule has 17 heavy (non-hydrogen) atoms. The van der Waals surface area contributed by atoms with Crippen molar-refractivity contribution in [1.29, 1.82) is 0 Å². The number of amides is 1. The van der Waals surface area contributed by atoms with Gasteiger partial charge >= 0.3 is 0 Å². The highest BCUT2D eigenvalue weighted by atomic mass is 32.2. The van der Waals surface area contributed by atoms with E-state index in [1.165, 1.54) is 0 Å². The van der Waals surface area contributed by atoms with E-state index in [0.717, 1.165) is 12.2 Å². The fraction of sp³-hybridized carbons (Fsp3) is 0.417. The Morgan fingerprint density at radius 3 is 2.71 bits per heavy atom. The van der Waals surface area contributed by atoms with Crippen molar-refractivity contribution in [3.05, 3.63) is 23.8 Å². The Bertz CT molecular complexity index is 395. The lowest BCUT2D eigenvalue weighted by Gasteiger charge is -2.16. The minimum Gasteiger partial charge on any atom is -0.399 e. The second-order valence-electron chi connectivity index (χ2n) is 3.88. The van der Waals surface area contributed by atoms with Gasteiger partial charge in [0.1, 0.15) is 0 Å². The molecule has 0 fully saturated rings. The summed E-state index contributed by atoms with van der Waals surface area (Å²) in [6.07, 6.45) is 2.92. The summed E-state index contributed by atoms with van der Waals surface area (Å²) >= 11 is 1.71. The summed E-state index contributed by atoms with van der Waals surface area (Å²) in [5, 5.41) is 2.96. The van der Waals surface area contributed by atoms with E-state index in [9.17, 15) is 4.79 Å². The molecule has 0 radical (unpaired) electrons. The lowest BCUT2D eigenvalue weighted by molar-refractivity contribution is 0.0941. The maximum absolute atomic E-state index is 12.0. The molecular weight excluding hydrogens is 234 g/mol. The Hall–Kier alpha value is -1.36. The van der Waals surface area contributed by atoms with Crippen molar-refractivity contribution >= 4 is 29.0 Å². The van der Waals surface area contributed by atoms with Gasteiger partial charge in [0, 0.05) is 23.2 Å². The van der Waals surface area contributed by atoms with Crippen molar-refractivity contribution < 1.29 is 4.79 Å². The number of nitrogens with two attached hydrogens (primary N) is 2. The zero-order valence-corrected chi connectivity index (χ0v) is 11.0. The van der Waals surface area contributed by atoms with E-state index in [4.69, 9.17) is 11.5 Å². The Morgan fingerprint density at radius 2 is 2.18 bits per heavy atom. The highest BCUT2D eigenvalue weighted by Crippen LogP contribution is 2.16. The van der Waals surface area contributed by atoms with Gasteiger partial charge in [-0.15, -0.1) is 0 Å². The third-order valence-electron chi connectivity index (χ3n) is 2.52. The van der Waals surface area contributed by atoms with Gasteiger partial charge in [0.05, 0.1) is 5.56 Å². The maximum Gasteiger partial charge on any atom is 0.253 e. The number of hydrogen-bond acceptors (Lipinski definition) is 4. The van der Waals surface area contributed by atoms with Gasteiger partial charge in [-0.3, -0.25) is 4.79 Å². The number of carbonyl (C=O) groups excluding carboxylic acids is 1. The van der Waals surface area contributed by atoms with Crippen molar-refractivity contribution in [3.8, 4) is 0 Å². The highest BCUT2D eigenvalue weighted by Gasteiger charge is 2.13. The predicted octanol–water partition coefficient (Wildman–Crippen LogP) is 1.72. The molecule has 5 heteroatoms. The summed E-state index contributed by atoms with van der Waals surface area (Å²) in [4.78, 5) is 12.0. The first-order valence-electron chi connectivity index (χ1n) is 5.53. The topological polar surface area (TPSA) is 81.1 Å². The second kappa shape index (κ2) is 6.39. The van der Waals surface area contributed by atoms with Crippen LogP contribution in [0.15, 0.2) is 18.2 Å². The van der Waals surface area contributed by atoms with Crippen LogP contribution in [0.4, 0.5) is 11.4 Å². The number of carbonyl (C=O) groups is 1. The molecule has 0 saturated carbocycles. The zero-order chi connectivity index (χ0) is 12.8. The summed E-state index contributed by atoms with van der Waals surface area (Å²) in [5.41, 5.74) is 12.8. The third-order valence-corrected chi connectivity index (χ3v) is 3.25. The molecule has 1 aromatic rings. The molecule has 0 spiro atoms. The van der Waals surface area contributed by atoms with Crippen LogP contribution in [0.2, 0.25) is 0 Å². The van der Waals surface area contributed by atoms with E-state index < -0.39 is 0 Å². The van der Waals surface area contributed by atoms with Crippen molar-refractivity contribution in [2.24, 2.45) is 0 Å². The van der Waals surface area contributed by atoms with E-state index in [1.807, 2.05) is 13.2 Å². The van der Waals surface area contributed by atoms with Crippen LogP contribution < -0.4 is 16.8 Å². The molecule has 0 aromatic heterocycles. The molecule has 1 amide bonds. The van der Waals surface area contributed by atoms with Gasteiger partial charge in [0.2, 0.25) is 0 Å². The van der Waals surface area contributed by atoms with Crippen LogP contribution in [-0.4, -0.2) is 24.0 Å². The van der Waals surface area contributed by atoms with Crippen LogP contribution >= 0.6 is 11.8 Å². The van der Waals surface area contributed by atoms with Crippen LogP contribution in [0.25, 0.3) is 0 Å². The van der Waals surface area contributed by atoms with Gasteiger partial charge in [-0.1, -0.05) is 6.92 Å². The third kappa shape index (κ3) is 3.85. The monoisotopic (exact) mass is 253 g/mol. The van der Waals surface area contributed by atoms with Crippen molar-refractivity contribution in [3.63, 3.8) is 0 Å². The standard InChI is InChI=1S/C12H19N3OS/c1-3-9(7-17-2)15-12(16)10-5-4-8(13)6-11(10)14/h4-6,9H,3,7,13-14H2,1-2H3,(H,15,16). The summed E-state index contributed by atoms with van der Waals surface area (Å²) in [6.45, 7) is 2.05. The minimum absolute atomic E-state index is 0.136. The molecule has 0 saturated heterocycles. The number of nitrogen functional groups attached to an aromatic ring is 2. The van der Waals surface area contributed by atoms with E-state index in [1.54, 1.807) is 30.0 Å². The average Bonchev–Trinajstić information content (AvgIpc) is 2.28. The number of nitrogens with one attached hydrogen (secondary N) is 1. The van der Waals surface area contributed by atoms with Crippen LogP contribution in [0.5, 0.6) is 0 Å². The smallest absolute Gasteiger partial charge is 0.253 e. The van der Waals surface area contributed by atoms with Crippen LogP contribution in [0.3, 0.4) is 0 Å². The number of hydrogen-bond donors (Lipinski definition) is 3. The molecule has 0 bridgehead atoms. The average molecular weight is 253 g/mol. The molecule has 1 aromatic carbocycles. The first-order valence-corrected chi connectivity index (χ1v) is 6.92. The quantitative estimate of drug-likeness (QED) is 0.698. The Kier molecular flexibility index (Phi) is 5.15. The molecular formula is C12H19N3OS. The van der Waals surface area contributed by atoms with Crippen molar-refractivity contribution in [1.82, 2.24) is 5.32 Å². The Balaban J connectivity index is 2.75. The molecule has 94 valence electrons. The molecule has 0 aliphatic rings. The zero-order valence-electron chi connectivity index (χ0n) is 10.2. The first kappa shape index (κ1) is 13.7. The van der Waals surface area contributed by atoms with Gasteiger partial charge in [-0.25, -0.2) is 0 Å². The SMILES string of the molecule is CCC(CSC)NC(=O)c1ccc(N)cc1N. The molecule has 0 aliphatic heterocycles. The highest BCUT2D eigenvalue weighted by molar-refractivity contribution is 7.98. The van der Waals surface area contributed by atoms with Crippen molar-refractivity contribution in [2.45, 2.75) is 19.4 Å². The molecule has 0 aliphatic carbocycles. The van der Waals surface area contributed by atoms with Gasteiger partial charge in [0.15, 0.2) is 0 Å². The van der Waals surface area contributed by atoms with Gasteiger partial charge in [-0.05, 0) is 30.9 Å². The number of anilines is 2. The molecule has 0 heterocycles. The van der Waals surface area contributed by atoms with Crippen LogP contribution in [0, 0.1) is 0 Å². The van der Waals surface area contributed by atoms with Crippen molar-refractivity contribution in [2.75, 3.05) is 23.5 Å². The van der Waals surface area contributed by atoms with E-state index in [2.05, 4.69) is 5.32 Å². The van der Waals surface area contributed by atoms with Gasteiger partial charge in [-0.2, -0.15) is 11.8 Å². The summed E-state index contributed by atoms with van der Waals surface area (Å²) < 4.78 is 0. The molecule has 5 N–H and O–H groups in total. The largest absolute Gasteiger partial charge is 0.399 e. The Labute approximate surface area is 106 Å². The number of thioether (sulfide) groups is 1. The van der Waals surface area contributed by atoms with Crippen LogP contribution in [-0.2, 0) is 0 Å². The van der Waals surface area contributed by atoms with Gasteiger partial charge in [0.25, 0.3) is 5.91 Å². The normalized spacial score (nSPS) is 12.1. The fourth-order valence-electron chi connectivity index (χ4n) is 1.51. The van der Waals surface area contributed by atoms with E-state index in [-0.39, 0.29) is 11.9 Å². The summed E-state index contributed by atoms with van der Waals surface area (Å²) in [7, 11) is 0. The molecule has 1 atom stereocenters. The fourth-order valence-corrected chi connectivity index (χ4v) is 2.24. The minimum atomic E-state index is -0.136. The first-order chi connectivity index (χ1) is 8.08. The predicted molar refractivity (Wildman–Crippen MR) is 75.2 cm³/mol. The number of rotatable bonds is 5. The van der Waals surface area contributed by atoms with Gasteiger partial charge < -0.3 is 16.8 Å². The van der Waals surface area contributed by atoms with Crippen LogP contribution in [0.1, 0.15) is 23.7 Å².